The van der Waals surface area contributed by atoms with Crippen molar-refractivity contribution in [2.75, 3.05) is 0 Å². The molecular weight excluding hydrogens is 199 g/mol. The second-order valence-corrected chi connectivity index (χ2v) is 5.08. The number of benzene rings is 1. The van der Waals surface area contributed by atoms with Crippen LogP contribution in [0.3, 0.4) is 0 Å². The van der Waals surface area contributed by atoms with Crippen molar-refractivity contribution >= 4 is 0 Å². The molecule has 0 radical (unpaired) electrons. The summed E-state index contributed by atoms with van der Waals surface area (Å²) < 4.78 is 12.7. The van der Waals surface area contributed by atoms with Gasteiger partial charge in [-0.3, -0.25) is 0 Å². The van der Waals surface area contributed by atoms with E-state index in [-0.39, 0.29) is 5.82 Å². The minimum absolute atomic E-state index is 0.126. The Balaban J connectivity index is 1.70. The summed E-state index contributed by atoms with van der Waals surface area (Å²) in [6.45, 7) is 2.25. The van der Waals surface area contributed by atoms with Gasteiger partial charge >= 0.3 is 0 Å². The minimum Gasteiger partial charge on any atom is -0.207 e. The number of hydrogen-bond donors (Lipinski definition) is 0. The van der Waals surface area contributed by atoms with Crippen molar-refractivity contribution in [1.82, 2.24) is 0 Å². The Hall–Kier alpha value is -0.850. The quantitative estimate of drug-likeness (QED) is 0.615. The standard InChI is InChI=1S/C15H21F/c1-2-3-4-5-13-11-14(13)10-12-6-8-15(16)9-7-12/h6-9,13-14H,2-5,10-11H2,1H3/t13-,14-/m0/s1. The van der Waals surface area contributed by atoms with E-state index in [1.807, 2.05) is 12.1 Å². The maximum absolute atomic E-state index is 12.7. The first-order valence-electron chi connectivity index (χ1n) is 6.54. The molecule has 0 spiro atoms. The van der Waals surface area contributed by atoms with Crippen molar-refractivity contribution in [2.24, 2.45) is 11.8 Å². The van der Waals surface area contributed by atoms with E-state index in [0.29, 0.717) is 0 Å². The SMILES string of the molecule is CCCCC[C@H]1C[C@@H]1Cc1ccc(F)cc1. The van der Waals surface area contributed by atoms with Crippen LogP contribution < -0.4 is 0 Å². The van der Waals surface area contributed by atoms with Gasteiger partial charge < -0.3 is 0 Å². The van der Waals surface area contributed by atoms with Crippen molar-refractivity contribution < 1.29 is 4.39 Å². The fourth-order valence-electron chi connectivity index (χ4n) is 2.49. The van der Waals surface area contributed by atoms with E-state index < -0.39 is 0 Å². The van der Waals surface area contributed by atoms with Gasteiger partial charge in [0.2, 0.25) is 0 Å². The van der Waals surface area contributed by atoms with Crippen LogP contribution in [-0.2, 0) is 6.42 Å². The molecule has 1 saturated carbocycles. The van der Waals surface area contributed by atoms with E-state index >= 15 is 0 Å². The average molecular weight is 220 g/mol. The Morgan fingerprint density at radius 3 is 2.56 bits per heavy atom. The van der Waals surface area contributed by atoms with Gasteiger partial charge in [0.1, 0.15) is 5.82 Å². The van der Waals surface area contributed by atoms with Crippen LogP contribution in [0.15, 0.2) is 24.3 Å². The smallest absolute Gasteiger partial charge is 0.123 e. The number of hydrogen-bond acceptors (Lipinski definition) is 0. The van der Waals surface area contributed by atoms with Crippen molar-refractivity contribution in [2.45, 2.75) is 45.4 Å². The first-order valence-corrected chi connectivity index (χ1v) is 6.54. The fourth-order valence-corrected chi connectivity index (χ4v) is 2.49. The Morgan fingerprint density at radius 1 is 1.12 bits per heavy atom. The molecule has 0 N–H and O–H groups in total. The molecule has 0 bridgehead atoms. The molecule has 0 aliphatic heterocycles. The molecule has 0 aromatic heterocycles. The molecule has 0 nitrogen and oxygen atoms in total. The maximum Gasteiger partial charge on any atom is 0.123 e. The molecule has 2 rings (SSSR count). The molecule has 16 heavy (non-hydrogen) atoms. The predicted octanol–water partition coefficient (Wildman–Crippen LogP) is 4.58. The van der Waals surface area contributed by atoms with Gasteiger partial charge in [-0.15, -0.1) is 0 Å². The van der Waals surface area contributed by atoms with Crippen LogP contribution in [0.2, 0.25) is 0 Å². The zero-order chi connectivity index (χ0) is 11.4. The van der Waals surface area contributed by atoms with Gasteiger partial charge in [-0.25, -0.2) is 4.39 Å². The summed E-state index contributed by atoms with van der Waals surface area (Å²) >= 11 is 0. The summed E-state index contributed by atoms with van der Waals surface area (Å²) in [5, 5.41) is 0. The summed E-state index contributed by atoms with van der Waals surface area (Å²) in [5.41, 5.74) is 1.30. The molecule has 1 aliphatic rings. The van der Waals surface area contributed by atoms with E-state index in [9.17, 15) is 4.39 Å². The largest absolute Gasteiger partial charge is 0.207 e. The third-order valence-corrected chi connectivity index (χ3v) is 3.66. The van der Waals surface area contributed by atoms with Crippen LogP contribution in [0.1, 0.15) is 44.6 Å². The molecular formula is C15H21F. The highest BCUT2D eigenvalue weighted by atomic mass is 19.1. The third-order valence-electron chi connectivity index (χ3n) is 3.66. The zero-order valence-electron chi connectivity index (χ0n) is 10.1. The van der Waals surface area contributed by atoms with E-state index in [2.05, 4.69) is 6.92 Å². The lowest BCUT2D eigenvalue weighted by molar-refractivity contribution is 0.579. The van der Waals surface area contributed by atoms with Crippen LogP contribution in [0.4, 0.5) is 4.39 Å². The van der Waals surface area contributed by atoms with E-state index in [0.717, 1.165) is 18.3 Å². The monoisotopic (exact) mass is 220 g/mol. The van der Waals surface area contributed by atoms with Crippen LogP contribution in [-0.4, -0.2) is 0 Å². The average Bonchev–Trinajstić information content (AvgIpc) is 3.01. The van der Waals surface area contributed by atoms with Gasteiger partial charge in [0.15, 0.2) is 0 Å². The number of unbranched alkanes of at least 4 members (excludes halogenated alkanes) is 2. The summed E-state index contributed by atoms with van der Waals surface area (Å²) in [4.78, 5) is 0. The highest BCUT2D eigenvalue weighted by molar-refractivity contribution is 5.17. The Kier molecular flexibility index (Phi) is 3.98. The lowest BCUT2D eigenvalue weighted by Gasteiger charge is -2.01. The van der Waals surface area contributed by atoms with Crippen LogP contribution >= 0.6 is 0 Å². The summed E-state index contributed by atoms with van der Waals surface area (Å²) in [6.07, 6.45) is 8.02. The van der Waals surface area contributed by atoms with Gasteiger partial charge in [0.25, 0.3) is 0 Å². The zero-order valence-corrected chi connectivity index (χ0v) is 10.1. The van der Waals surface area contributed by atoms with Crippen LogP contribution in [0, 0.1) is 17.7 Å². The van der Waals surface area contributed by atoms with E-state index in [1.165, 1.54) is 37.7 Å². The van der Waals surface area contributed by atoms with E-state index in [1.54, 1.807) is 12.1 Å². The minimum atomic E-state index is -0.126. The molecule has 1 fully saturated rings. The van der Waals surface area contributed by atoms with Gasteiger partial charge in [-0.1, -0.05) is 44.7 Å². The van der Waals surface area contributed by atoms with Crippen LogP contribution in [0.25, 0.3) is 0 Å². The predicted molar refractivity (Wildman–Crippen MR) is 65.8 cm³/mol. The second kappa shape index (κ2) is 5.47. The number of halogens is 1. The summed E-state index contributed by atoms with van der Waals surface area (Å²) in [5.74, 6) is 1.71. The van der Waals surface area contributed by atoms with Crippen molar-refractivity contribution in [1.29, 1.82) is 0 Å². The molecule has 1 heteroatoms. The molecule has 0 unspecified atom stereocenters. The first-order chi connectivity index (χ1) is 7.79. The first kappa shape index (κ1) is 11.6. The summed E-state index contributed by atoms with van der Waals surface area (Å²) in [7, 11) is 0. The molecule has 2 atom stereocenters. The van der Waals surface area contributed by atoms with Crippen molar-refractivity contribution in [3.8, 4) is 0 Å². The molecule has 0 heterocycles. The maximum atomic E-state index is 12.7. The molecule has 1 aliphatic carbocycles. The fraction of sp³-hybridized carbons (Fsp3) is 0.600. The van der Waals surface area contributed by atoms with Crippen molar-refractivity contribution in [3.63, 3.8) is 0 Å². The van der Waals surface area contributed by atoms with Gasteiger partial charge in [-0.05, 0) is 42.4 Å². The normalized spacial score (nSPS) is 23.4. The second-order valence-electron chi connectivity index (χ2n) is 5.08. The van der Waals surface area contributed by atoms with Gasteiger partial charge in [0.05, 0.1) is 0 Å². The third kappa shape index (κ3) is 3.33. The van der Waals surface area contributed by atoms with E-state index in [4.69, 9.17) is 0 Å². The molecule has 1 aromatic carbocycles. The Bertz CT molecular complexity index is 315. The molecule has 88 valence electrons. The molecule has 0 amide bonds. The topological polar surface area (TPSA) is 0 Å². The number of rotatable bonds is 6. The highest BCUT2D eigenvalue weighted by Gasteiger charge is 2.35. The van der Waals surface area contributed by atoms with Crippen LogP contribution in [0.5, 0.6) is 0 Å². The molecule has 1 aromatic rings. The lowest BCUT2D eigenvalue weighted by Crippen LogP contribution is -1.91. The Labute approximate surface area is 97.9 Å². The lowest BCUT2D eigenvalue weighted by atomic mass is 10.1. The Morgan fingerprint density at radius 2 is 1.88 bits per heavy atom. The van der Waals surface area contributed by atoms with Gasteiger partial charge in [-0.2, -0.15) is 0 Å². The van der Waals surface area contributed by atoms with Gasteiger partial charge in [0, 0.05) is 0 Å². The summed E-state index contributed by atoms with van der Waals surface area (Å²) in [6, 6.07) is 7.00. The highest BCUT2D eigenvalue weighted by Crippen LogP contribution is 2.44. The molecule has 0 saturated heterocycles. The van der Waals surface area contributed by atoms with Crippen molar-refractivity contribution in [3.05, 3.63) is 35.6 Å².